The van der Waals surface area contributed by atoms with E-state index in [1.165, 1.54) is 24.1 Å². The molecule has 3 atom stereocenters. The summed E-state index contributed by atoms with van der Waals surface area (Å²) in [5.41, 5.74) is 1.65. The Balaban J connectivity index is 0.00000171. The summed E-state index contributed by atoms with van der Waals surface area (Å²) in [4.78, 5) is 20.5. The maximum absolute atomic E-state index is 12.8. The molecule has 2 aromatic heterocycles. The van der Waals surface area contributed by atoms with Gasteiger partial charge in [0, 0.05) is 30.6 Å². The maximum Gasteiger partial charge on any atom is 0.228 e. The number of carbonyl (C=O) groups excluding carboxylic acids is 1. The first-order valence-corrected chi connectivity index (χ1v) is 11.3. The number of anilines is 2. The molecule has 0 unspecified atom stereocenters. The highest BCUT2D eigenvalue weighted by molar-refractivity contribution is 7.16. The summed E-state index contributed by atoms with van der Waals surface area (Å²) in [6.07, 6.45) is 8.38. The molecule has 1 N–H and O–H groups in total. The second kappa shape index (κ2) is 11.2. The molecule has 2 aromatic rings. The van der Waals surface area contributed by atoms with Crippen LogP contribution in [-0.2, 0) is 11.2 Å². The van der Waals surface area contributed by atoms with Gasteiger partial charge in [0.1, 0.15) is 16.9 Å². The van der Waals surface area contributed by atoms with Crippen molar-refractivity contribution in [2.75, 3.05) is 23.8 Å². The standard InChI is InChI=1S/C23H28N4OS.2ClH/c1-15-19(14-24)23(26-22(28)18-13-16-8-9-17(18)12-16)29-20(15)6-5-11-27(2)21-7-3-4-10-25-21;;/h3-4,7,10,16-18H,5-6,8-9,11-13H2,1-2H3,(H,26,28);2*1H/t16-,17+,18-;;/m1../s1. The van der Waals surface area contributed by atoms with E-state index >= 15 is 0 Å². The van der Waals surface area contributed by atoms with Gasteiger partial charge in [-0.25, -0.2) is 4.98 Å². The molecule has 168 valence electrons. The predicted molar refractivity (Wildman–Crippen MR) is 132 cm³/mol. The van der Waals surface area contributed by atoms with Gasteiger partial charge in [0.05, 0.1) is 5.56 Å². The predicted octanol–water partition coefficient (Wildman–Crippen LogP) is 5.61. The molecule has 0 radical (unpaired) electrons. The van der Waals surface area contributed by atoms with Crippen LogP contribution in [0.2, 0.25) is 0 Å². The number of aromatic nitrogens is 1. The Kier molecular flexibility index (Phi) is 9.17. The van der Waals surface area contributed by atoms with Crippen molar-refractivity contribution in [2.24, 2.45) is 17.8 Å². The summed E-state index contributed by atoms with van der Waals surface area (Å²) in [5, 5.41) is 13.5. The van der Waals surface area contributed by atoms with E-state index < -0.39 is 0 Å². The molecule has 2 aliphatic rings. The summed E-state index contributed by atoms with van der Waals surface area (Å²) in [6, 6.07) is 8.23. The summed E-state index contributed by atoms with van der Waals surface area (Å²) in [6.45, 7) is 2.89. The number of thiophene rings is 1. The Bertz CT molecular complexity index is 928. The van der Waals surface area contributed by atoms with Crippen molar-refractivity contribution < 1.29 is 4.79 Å². The molecule has 2 saturated carbocycles. The van der Waals surface area contributed by atoms with Crippen LogP contribution in [0.5, 0.6) is 0 Å². The lowest BCUT2D eigenvalue weighted by molar-refractivity contribution is -0.121. The fourth-order valence-corrected chi connectivity index (χ4v) is 6.16. The SMILES string of the molecule is Cc1c(CCCN(C)c2ccccn2)sc(NC(=O)[C@@H]2C[C@@H]3CC[C@H]2C3)c1C#N.Cl.Cl. The molecule has 1 amide bonds. The number of nitrogens with one attached hydrogen (secondary N) is 1. The zero-order valence-corrected chi connectivity index (χ0v) is 20.4. The van der Waals surface area contributed by atoms with E-state index in [1.54, 1.807) is 17.5 Å². The van der Waals surface area contributed by atoms with Gasteiger partial charge < -0.3 is 10.2 Å². The van der Waals surface area contributed by atoms with Crippen molar-refractivity contribution in [3.8, 4) is 6.07 Å². The maximum atomic E-state index is 12.8. The van der Waals surface area contributed by atoms with Crippen molar-refractivity contribution in [1.82, 2.24) is 4.98 Å². The molecular weight excluding hydrogens is 451 g/mol. The van der Waals surface area contributed by atoms with E-state index in [9.17, 15) is 10.1 Å². The van der Waals surface area contributed by atoms with Gasteiger partial charge in [0.2, 0.25) is 5.91 Å². The number of hydrogen-bond donors (Lipinski definition) is 1. The van der Waals surface area contributed by atoms with E-state index in [0.717, 1.165) is 48.1 Å². The van der Waals surface area contributed by atoms with Crippen LogP contribution in [0.15, 0.2) is 24.4 Å². The first kappa shape index (κ1) is 25.5. The minimum Gasteiger partial charge on any atom is -0.360 e. The third-order valence-electron chi connectivity index (χ3n) is 6.61. The van der Waals surface area contributed by atoms with E-state index in [-0.39, 0.29) is 36.6 Å². The molecule has 2 aliphatic carbocycles. The van der Waals surface area contributed by atoms with Crippen molar-refractivity contribution in [3.05, 3.63) is 40.4 Å². The Morgan fingerprint density at radius 3 is 2.74 bits per heavy atom. The lowest BCUT2D eigenvalue weighted by Crippen LogP contribution is -2.27. The van der Waals surface area contributed by atoms with Gasteiger partial charge in [-0.2, -0.15) is 5.26 Å². The van der Waals surface area contributed by atoms with Gasteiger partial charge in [-0.15, -0.1) is 36.2 Å². The molecular formula is C23H30Cl2N4OS. The zero-order chi connectivity index (χ0) is 20.4. The van der Waals surface area contributed by atoms with Crippen LogP contribution in [0, 0.1) is 36.0 Å². The highest BCUT2D eigenvalue weighted by Gasteiger charge is 2.43. The smallest absolute Gasteiger partial charge is 0.228 e. The van der Waals surface area contributed by atoms with Gasteiger partial charge in [0.25, 0.3) is 0 Å². The van der Waals surface area contributed by atoms with Crippen molar-refractivity contribution in [1.29, 1.82) is 5.26 Å². The number of nitriles is 1. The van der Waals surface area contributed by atoms with Gasteiger partial charge in [-0.1, -0.05) is 12.5 Å². The number of aryl methyl sites for hydroxylation is 1. The molecule has 0 aromatic carbocycles. The minimum absolute atomic E-state index is 0. The van der Waals surface area contributed by atoms with Crippen LogP contribution in [0.4, 0.5) is 10.8 Å². The molecule has 31 heavy (non-hydrogen) atoms. The molecule has 0 aliphatic heterocycles. The Morgan fingerprint density at radius 2 is 2.13 bits per heavy atom. The van der Waals surface area contributed by atoms with E-state index in [1.807, 2.05) is 32.2 Å². The monoisotopic (exact) mass is 480 g/mol. The average molecular weight is 481 g/mol. The van der Waals surface area contributed by atoms with E-state index in [2.05, 4.69) is 21.3 Å². The molecule has 2 heterocycles. The zero-order valence-electron chi connectivity index (χ0n) is 18.0. The van der Waals surface area contributed by atoms with Crippen LogP contribution in [-0.4, -0.2) is 24.5 Å². The van der Waals surface area contributed by atoms with Gasteiger partial charge in [-0.05, 0) is 68.6 Å². The number of amides is 1. The van der Waals surface area contributed by atoms with Gasteiger partial charge in [-0.3, -0.25) is 4.79 Å². The van der Waals surface area contributed by atoms with Gasteiger partial charge in [0.15, 0.2) is 0 Å². The van der Waals surface area contributed by atoms with Crippen LogP contribution in [0.25, 0.3) is 0 Å². The molecule has 0 spiro atoms. The van der Waals surface area contributed by atoms with Crippen molar-refractivity contribution >= 4 is 52.9 Å². The average Bonchev–Trinajstić information content (AvgIpc) is 3.44. The fourth-order valence-electron chi connectivity index (χ4n) is 4.96. The van der Waals surface area contributed by atoms with Crippen LogP contribution >= 0.6 is 36.2 Å². The molecule has 4 rings (SSSR count). The number of rotatable bonds is 7. The highest BCUT2D eigenvalue weighted by Crippen LogP contribution is 2.49. The quantitative estimate of drug-likeness (QED) is 0.558. The number of carbonyl (C=O) groups is 1. The Morgan fingerprint density at radius 1 is 1.32 bits per heavy atom. The van der Waals surface area contributed by atoms with Gasteiger partial charge >= 0.3 is 0 Å². The largest absolute Gasteiger partial charge is 0.360 e. The number of halogens is 2. The minimum atomic E-state index is 0. The van der Waals surface area contributed by atoms with Crippen LogP contribution in [0.3, 0.4) is 0 Å². The molecule has 5 nitrogen and oxygen atoms in total. The van der Waals surface area contributed by atoms with Crippen LogP contribution in [0.1, 0.15) is 48.1 Å². The van der Waals surface area contributed by atoms with Crippen LogP contribution < -0.4 is 10.2 Å². The van der Waals surface area contributed by atoms with Crippen molar-refractivity contribution in [3.63, 3.8) is 0 Å². The normalized spacial score (nSPS) is 21.0. The van der Waals surface area contributed by atoms with E-state index in [4.69, 9.17) is 0 Å². The topological polar surface area (TPSA) is 69.0 Å². The molecule has 8 heteroatoms. The molecule has 0 saturated heterocycles. The Labute approximate surface area is 201 Å². The lowest BCUT2D eigenvalue weighted by atomic mass is 9.88. The number of pyridine rings is 1. The second-order valence-corrected chi connectivity index (χ2v) is 9.55. The third kappa shape index (κ3) is 5.52. The highest BCUT2D eigenvalue weighted by atomic mass is 35.5. The number of fused-ring (bicyclic) bond motifs is 2. The molecule has 2 bridgehead atoms. The Hall–Kier alpha value is -1.81. The summed E-state index contributed by atoms with van der Waals surface area (Å²) >= 11 is 1.58. The lowest BCUT2D eigenvalue weighted by Gasteiger charge is -2.20. The fraction of sp³-hybridized carbons (Fsp3) is 0.522. The third-order valence-corrected chi connectivity index (χ3v) is 7.87. The second-order valence-electron chi connectivity index (χ2n) is 8.45. The first-order valence-electron chi connectivity index (χ1n) is 10.5. The summed E-state index contributed by atoms with van der Waals surface area (Å²) < 4.78 is 0. The van der Waals surface area contributed by atoms with E-state index in [0.29, 0.717) is 11.5 Å². The number of nitrogens with zero attached hydrogens (tertiary/aromatic N) is 3. The summed E-state index contributed by atoms with van der Waals surface area (Å²) in [5.74, 6) is 2.51. The molecule has 2 fully saturated rings. The number of hydrogen-bond acceptors (Lipinski definition) is 5. The first-order chi connectivity index (χ1) is 14.1. The summed E-state index contributed by atoms with van der Waals surface area (Å²) in [7, 11) is 2.05. The van der Waals surface area contributed by atoms with Crippen molar-refractivity contribution in [2.45, 2.75) is 45.4 Å².